The van der Waals surface area contributed by atoms with Crippen molar-refractivity contribution < 1.29 is 27.9 Å². The Morgan fingerprint density at radius 2 is 1.95 bits per heavy atom. The average molecular weight is 656 g/mol. The summed E-state index contributed by atoms with van der Waals surface area (Å²) in [7, 11) is 0. The third kappa shape index (κ3) is 7.70. The fraction of sp³-hybridized carbons (Fsp3) is 0.500. The molecule has 3 heterocycles. The first-order valence-corrected chi connectivity index (χ1v) is 15.1. The van der Waals surface area contributed by atoms with Crippen LogP contribution < -0.4 is 5.73 Å². The number of likely N-dealkylation sites (tertiary alicyclic amines) is 1. The number of amides is 1. The molecule has 4 atom stereocenters. The Kier molecular flexibility index (Phi) is 10.6. The van der Waals surface area contributed by atoms with E-state index in [-0.39, 0.29) is 11.9 Å². The number of carboxylic acids is 1. The van der Waals surface area contributed by atoms with Crippen molar-refractivity contribution in [2.45, 2.75) is 83.6 Å². The number of halogens is 5. The summed E-state index contributed by atoms with van der Waals surface area (Å²) in [5.41, 5.74) is 10.9. The predicted octanol–water partition coefficient (Wildman–Crippen LogP) is 6.60. The molecule has 1 saturated heterocycles. The first-order valence-electron chi connectivity index (χ1n) is 14.4. The van der Waals surface area contributed by atoms with Crippen LogP contribution >= 0.6 is 23.2 Å². The highest BCUT2D eigenvalue weighted by Crippen LogP contribution is 2.37. The van der Waals surface area contributed by atoms with Gasteiger partial charge >= 0.3 is 12.1 Å². The lowest BCUT2D eigenvalue weighted by atomic mass is 9.83. The largest absolute Gasteiger partial charge is 0.490 e. The maximum Gasteiger partial charge on any atom is 0.490 e. The molecule has 2 aromatic heterocycles. The van der Waals surface area contributed by atoms with Crippen molar-refractivity contribution >= 4 is 51.8 Å². The van der Waals surface area contributed by atoms with Gasteiger partial charge in [-0.05, 0) is 81.7 Å². The van der Waals surface area contributed by atoms with Crippen molar-refractivity contribution in [2.24, 2.45) is 11.7 Å². The Balaban J connectivity index is 0.000000566. The second kappa shape index (κ2) is 13.8. The summed E-state index contributed by atoms with van der Waals surface area (Å²) in [4.78, 5) is 32.7. The summed E-state index contributed by atoms with van der Waals surface area (Å²) >= 11 is 12.6. The number of benzene rings is 1. The topological polar surface area (TPSA) is 127 Å². The first-order chi connectivity index (χ1) is 20.7. The molecule has 2 aliphatic rings. The Bertz CT molecular complexity index is 1560. The van der Waals surface area contributed by atoms with E-state index in [9.17, 15) is 18.0 Å². The fourth-order valence-corrected chi connectivity index (χ4v) is 6.66. The van der Waals surface area contributed by atoms with Gasteiger partial charge in [-0.3, -0.25) is 9.69 Å². The molecule has 238 valence electrons. The van der Waals surface area contributed by atoms with E-state index in [4.69, 9.17) is 53.9 Å². The number of rotatable bonds is 7. The molecule has 0 saturated carbocycles. The van der Waals surface area contributed by atoms with Gasteiger partial charge in [0.1, 0.15) is 5.52 Å². The molecule has 1 aliphatic heterocycles. The minimum atomic E-state index is -5.08. The number of hydrogen-bond acceptors (Lipinski definition) is 6. The molecule has 1 amide bonds. The van der Waals surface area contributed by atoms with Crippen molar-refractivity contribution in [3.63, 3.8) is 0 Å². The monoisotopic (exact) mass is 654 g/mol. The molecular weight excluding hydrogens is 620 g/mol. The number of aryl methyl sites for hydroxylation is 1. The lowest BCUT2D eigenvalue weighted by Crippen LogP contribution is -2.44. The smallest absolute Gasteiger partial charge is 0.475 e. The Morgan fingerprint density at radius 1 is 1.25 bits per heavy atom. The third-order valence-corrected chi connectivity index (χ3v) is 8.86. The Hall–Kier alpha value is -3.22. The minimum Gasteiger partial charge on any atom is -0.475 e. The summed E-state index contributed by atoms with van der Waals surface area (Å²) in [5, 5.41) is 13.1. The summed E-state index contributed by atoms with van der Waals surface area (Å²) in [5.74, 6) is -2.49. The number of carboxylic acid groups (broad SMARTS) is 1. The van der Waals surface area contributed by atoms with E-state index < -0.39 is 12.1 Å². The molecule has 0 bridgehead atoms. The second-order valence-corrected chi connectivity index (χ2v) is 12.2. The zero-order valence-electron chi connectivity index (χ0n) is 24.6. The van der Waals surface area contributed by atoms with Crippen LogP contribution in [0.3, 0.4) is 0 Å². The van der Waals surface area contributed by atoms with Gasteiger partial charge in [-0.2, -0.15) is 18.3 Å². The SMILES string of the molecule is Cc1nn([C@H](C)c2ccc(Cl)cc2Cl)c2nc(C3=CC[C@H](N4CCC[C@H]4CCC(N)=O)[C@H](C)C3)cnc12.O=C(O)C(F)(F)F. The zero-order chi connectivity index (χ0) is 32.3. The molecule has 3 aromatic rings. The van der Waals surface area contributed by atoms with Gasteiger partial charge in [-0.25, -0.2) is 19.4 Å². The predicted molar refractivity (Wildman–Crippen MR) is 162 cm³/mol. The molecule has 3 N–H and O–H groups in total. The number of aliphatic carboxylic acids is 1. The van der Waals surface area contributed by atoms with Crippen molar-refractivity contribution in [3.8, 4) is 0 Å². The lowest BCUT2D eigenvalue weighted by Gasteiger charge is -2.39. The van der Waals surface area contributed by atoms with Gasteiger partial charge in [0, 0.05) is 28.5 Å². The summed E-state index contributed by atoms with van der Waals surface area (Å²) < 4.78 is 33.7. The van der Waals surface area contributed by atoms with Gasteiger partial charge < -0.3 is 10.8 Å². The number of fused-ring (bicyclic) bond motifs is 1. The van der Waals surface area contributed by atoms with E-state index in [1.54, 1.807) is 6.07 Å². The van der Waals surface area contributed by atoms with Gasteiger partial charge in [-0.1, -0.05) is 42.3 Å². The number of carbonyl (C=O) groups is 2. The number of primary amides is 1. The molecule has 14 heteroatoms. The van der Waals surface area contributed by atoms with Crippen molar-refractivity contribution in [3.05, 3.63) is 57.5 Å². The van der Waals surface area contributed by atoms with E-state index >= 15 is 0 Å². The number of allylic oxidation sites excluding steroid dienone is 1. The number of nitrogens with two attached hydrogens (primary N) is 1. The fourth-order valence-electron chi connectivity index (χ4n) is 6.09. The summed E-state index contributed by atoms with van der Waals surface area (Å²) in [6, 6.07) is 6.34. The van der Waals surface area contributed by atoms with Crippen LogP contribution in [0.1, 0.15) is 75.4 Å². The van der Waals surface area contributed by atoms with Crippen LogP contribution in [-0.2, 0) is 9.59 Å². The molecule has 0 unspecified atom stereocenters. The van der Waals surface area contributed by atoms with Crippen molar-refractivity contribution in [2.75, 3.05) is 6.54 Å². The van der Waals surface area contributed by atoms with E-state index in [0.717, 1.165) is 60.3 Å². The maximum absolute atomic E-state index is 11.3. The second-order valence-electron chi connectivity index (χ2n) is 11.4. The number of carbonyl (C=O) groups excluding carboxylic acids is 1. The van der Waals surface area contributed by atoms with Gasteiger partial charge in [0.05, 0.1) is 23.6 Å². The lowest BCUT2D eigenvalue weighted by molar-refractivity contribution is -0.192. The van der Waals surface area contributed by atoms with Gasteiger partial charge in [-0.15, -0.1) is 0 Å². The van der Waals surface area contributed by atoms with Crippen LogP contribution in [0.25, 0.3) is 16.7 Å². The van der Waals surface area contributed by atoms with Crippen LogP contribution in [-0.4, -0.2) is 66.4 Å². The van der Waals surface area contributed by atoms with Gasteiger partial charge in [0.25, 0.3) is 0 Å². The number of aromatic nitrogens is 4. The molecule has 9 nitrogen and oxygen atoms in total. The van der Waals surface area contributed by atoms with Crippen molar-refractivity contribution in [1.29, 1.82) is 0 Å². The van der Waals surface area contributed by atoms with Gasteiger partial charge in [0.15, 0.2) is 5.65 Å². The normalized spacial score (nSPS) is 21.5. The summed E-state index contributed by atoms with van der Waals surface area (Å²) in [6.07, 6.45) is 4.69. The molecule has 5 rings (SSSR count). The van der Waals surface area contributed by atoms with Crippen molar-refractivity contribution in [1.82, 2.24) is 24.6 Å². The zero-order valence-corrected chi connectivity index (χ0v) is 26.1. The first kappa shape index (κ1) is 33.7. The van der Waals surface area contributed by atoms with Crippen LogP contribution in [0.4, 0.5) is 13.2 Å². The molecule has 0 spiro atoms. The highest BCUT2D eigenvalue weighted by Gasteiger charge is 2.38. The molecule has 1 fully saturated rings. The van der Waals surface area contributed by atoms with Crippen LogP contribution in [0.2, 0.25) is 10.0 Å². The quantitative estimate of drug-likeness (QED) is 0.294. The van der Waals surface area contributed by atoms with E-state index in [0.29, 0.717) is 34.5 Å². The highest BCUT2D eigenvalue weighted by molar-refractivity contribution is 6.35. The molecular formula is C30H35Cl2F3N6O3. The number of hydrogen-bond donors (Lipinski definition) is 2. The Labute approximate surface area is 263 Å². The van der Waals surface area contributed by atoms with Gasteiger partial charge in [0.2, 0.25) is 5.91 Å². The van der Waals surface area contributed by atoms with Crippen LogP contribution in [0.15, 0.2) is 30.5 Å². The third-order valence-electron chi connectivity index (χ3n) is 8.30. The highest BCUT2D eigenvalue weighted by atomic mass is 35.5. The van der Waals surface area contributed by atoms with E-state index in [1.807, 2.05) is 29.9 Å². The minimum absolute atomic E-state index is 0.123. The number of alkyl halides is 3. The van der Waals surface area contributed by atoms with Crippen LogP contribution in [0, 0.1) is 12.8 Å². The number of nitrogens with zero attached hydrogens (tertiary/aromatic N) is 5. The standard InChI is InChI=1S/C28H34Cl2N6O.C2HF3O2/c1-16-13-19(6-10-25(16)35-12-4-5-21(35)8-11-26(31)37)24-15-32-27-17(2)34-36(28(27)33-24)18(3)22-9-7-20(29)14-23(22)30;3-2(4,5)1(6)7/h6-7,9,14-16,18,21,25H,4-5,8,10-13H2,1-3H3,(H2,31,37);(H,6,7)/t16-,18-,21+,25+;/m1./s1. The maximum atomic E-state index is 11.3. The average Bonchev–Trinajstić information content (AvgIpc) is 3.55. The van der Waals surface area contributed by atoms with Crippen LogP contribution in [0.5, 0.6) is 0 Å². The summed E-state index contributed by atoms with van der Waals surface area (Å²) in [6.45, 7) is 7.44. The van der Waals surface area contributed by atoms with E-state index in [2.05, 4.69) is 24.8 Å². The molecule has 1 aliphatic carbocycles. The molecule has 0 radical (unpaired) electrons. The molecule has 1 aromatic carbocycles. The molecule has 44 heavy (non-hydrogen) atoms. The van der Waals surface area contributed by atoms with E-state index in [1.165, 1.54) is 12.0 Å². The Morgan fingerprint density at radius 3 is 2.57 bits per heavy atom.